The first-order valence-electron chi connectivity index (χ1n) is 9.62. The van der Waals surface area contributed by atoms with Crippen LogP contribution in [-0.4, -0.2) is 26.9 Å². The summed E-state index contributed by atoms with van der Waals surface area (Å²) in [5.41, 5.74) is 3.88. The highest BCUT2D eigenvalue weighted by atomic mass is 35.5. The van der Waals surface area contributed by atoms with E-state index in [-0.39, 0.29) is 12.3 Å². The molecule has 4 rings (SSSR count). The Balaban J connectivity index is 1.69. The second-order valence-corrected chi connectivity index (χ2v) is 7.47. The van der Waals surface area contributed by atoms with Gasteiger partial charge in [0.05, 0.1) is 18.4 Å². The van der Waals surface area contributed by atoms with E-state index < -0.39 is 0 Å². The van der Waals surface area contributed by atoms with Gasteiger partial charge < -0.3 is 9.47 Å². The summed E-state index contributed by atoms with van der Waals surface area (Å²) < 4.78 is 14.1. The molecule has 0 fully saturated rings. The van der Waals surface area contributed by atoms with Crippen LogP contribution in [0.2, 0.25) is 5.02 Å². The molecule has 0 atom stereocenters. The summed E-state index contributed by atoms with van der Waals surface area (Å²) in [6.07, 6.45) is 0. The Hall–Kier alpha value is -3.58. The monoisotopic (exact) mass is 436 g/mol. The molecule has 0 radical (unpaired) electrons. The van der Waals surface area contributed by atoms with E-state index in [1.165, 1.54) is 9.36 Å². The maximum absolute atomic E-state index is 12.4. The lowest BCUT2D eigenvalue weighted by Crippen LogP contribution is -2.23. The average molecular weight is 437 g/mol. The minimum absolute atomic E-state index is 0.183. The predicted octanol–water partition coefficient (Wildman–Crippen LogP) is 4.18. The molecular weight excluding hydrogens is 416 g/mol. The number of benzene rings is 3. The van der Waals surface area contributed by atoms with E-state index >= 15 is 0 Å². The zero-order valence-corrected chi connectivity index (χ0v) is 18.1. The van der Waals surface area contributed by atoms with Crippen LogP contribution in [-0.2, 0) is 13.7 Å². The molecule has 0 saturated heterocycles. The third-order valence-corrected chi connectivity index (χ3v) is 5.23. The molecular formula is C23H21ClN4O3. The van der Waals surface area contributed by atoms with Crippen molar-refractivity contribution in [1.29, 1.82) is 0 Å². The van der Waals surface area contributed by atoms with E-state index in [2.05, 4.69) is 10.4 Å². The Morgan fingerprint density at radius 3 is 2.45 bits per heavy atom. The van der Waals surface area contributed by atoms with Crippen LogP contribution in [0.15, 0.2) is 65.5 Å². The molecule has 0 aliphatic heterocycles. The summed E-state index contributed by atoms with van der Waals surface area (Å²) in [5.74, 6) is 1.32. The van der Waals surface area contributed by atoms with Crippen molar-refractivity contribution in [2.24, 2.45) is 7.05 Å². The summed E-state index contributed by atoms with van der Waals surface area (Å²) in [4.78, 5) is 12.4. The van der Waals surface area contributed by atoms with Gasteiger partial charge in [-0.05, 0) is 64.4 Å². The molecule has 158 valence electrons. The molecule has 8 heteroatoms. The van der Waals surface area contributed by atoms with Crippen molar-refractivity contribution >= 4 is 11.6 Å². The van der Waals surface area contributed by atoms with Gasteiger partial charge in [-0.25, -0.2) is 4.79 Å². The van der Waals surface area contributed by atoms with Crippen LogP contribution in [0, 0.1) is 6.92 Å². The molecule has 0 amide bonds. The van der Waals surface area contributed by atoms with E-state index in [0.29, 0.717) is 22.0 Å². The summed E-state index contributed by atoms with van der Waals surface area (Å²) in [6, 6.07) is 19.1. The van der Waals surface area contributed by atoms with Gasteiger partial charge in [0.15, 0.2) is 0 Å². The standard InChI is InChI=1S/C23H21ClN4O3/c1-15-10-11-17(16-6-4-7-18(24)12-16)13-22(15)31-14-19-20(8-5-9-21(19)30-3)28-23(29)27(2)25-26-28/h4-13H,14H2,1-3H3. The maximum atomic E-state index is 12.4. The van der Waals surface area contributed by atoms with Crippen molar-refractivity contribution < 1.29 is 9.47 Å². The molecule has 0 saturated carbocycles. The lowest BCUT2D eigenvalue weighted by molar-refractivity contribution is 0.294. The van der Waals surface area contributed by atoms with E-state index in [0.717, 1.165) is 22.4 Å². The Kier molecular flexibility index (Phi) is 5.77. The maximum Gasteiger partial charge on any atom is 0.368 e. The zero-order chi connectivity index (χ0) is 22.0. The van der Waals surface area contributed by atoms with Crippen molar-refractivity contribution in [1.82, 2.24) is 19.8 Å². The van der Waals surface area contributed by atoms with Crippen molar-refractivity contribution in [3.05, 3.63) is 87.3 Å². The third kappa shape index (κ3) is 4.18. The first-order valence-corrected chi connectivity index (χ1v) is 10.0. The second-order valence-electron chi connectivity index (χ2n) is 7.03. The molecule has 0 N–H and O–H groups in total. The fourth-order valence-electron chi connectivity index (χ4n) is 3.31. The van der Waals surface area contributed by atoms with E-state index in [4.69, 9.17) is 21.1 Å². The number of nitrogens with zero attached hydrogens (tertiary/aromatic N) is 4. The van der Waals surface area contributed by atoms with Crippen LogP contribution in [0.1, 0.15) is 11.1 Å². The highest BCUT2D eigenvalue weighted by Crippen LogP contribution is 2.31. The molecule has 0 unspecified atom stereocenters. The first kappa shape index (κ1) is 20.7. The molecule has 3 aromatic carbocycles. The SMILES string of the molecule is COc1cccc(-n2nnn(C)c2=O)c1COc1cc(-c2cccc(Cl)c2)ccc1C. The number of rotatable bonds is 6. The molecule has 0 spiro atoms. The average Bonchev–Trinajstić information content (AvgIpc) is 3.11. The number of hydrogen-bond donors (Lipinski definition) is 0. The normalized spacial score (nSPS) is 10.8. The van der Waals surface area contributed by atoms with Crippen LogP contribution in [0.5, 0.6) is 11.5 Å². The largest absolute Gasteiger partial charge is 0.496 e. The lowest BCUT2D eigenvalue weighted by Gasteiger charge is -2.16. The molecule has 31 heavy (non-hydrogen) atoms. The van der Waals surface area contributed by atoms with Gasteiger partial charge in [-0.15, -0.1) is 0 Å². The topological polar surface area (TPSA) is 71.2 Å². The number of tetrazole rings is 1. The fraction of sp³-hybridized carbons (Fsp3) is 0.174. The van der Waals surface area contributed by atoms with Gasteiger partial charge >= 0.3 is 5.69 Å². The predicted molar refractivity (Wildman–Crippen MR) is 119 cm³/mol. The minimum atomic E-state index is -0.353. The highest BCUT2D eigenvalue weighted by molar-refractivity contribution is 6.30. The quantitative estimate of drug-likeness (QED) is 0.453. The second kappa shape index (κ2) is 8.65. The van der Waals surface area contributed by atoms with Crippen LogP contribution >= 0.6 is 11.6 Å². The van der Waals surface area contributed by atoms with Crippen LogP contribution in [0.4, 0.5) is 0 Å². The summed E-state index contributed by atoms with van der Waals surface area (Å²) >= 11 is 6.14. The zero-order valence-electron chi connectivity index (χ0n) is 17.4. The van der Waals surface area contributed by atoms with Gasteiger partial charge in [-0.1, -0.05) is 41.9 Å². The lowest BCUT2D eigenvalue weighted by atomic mass is 10.0. The molecule has 1 aromatic heterocycles. The first-order chi connectivity index (χ1) is 15.0. The Morgan fingerprint density at radius 2 is 1.74 bits per heavy atom. The number of aryl methyl sites for hydroxylation is 2. The van der Waals surface area contributed by atoms with Crippen LogP contribution in [0.3, 0.4) is 0 Å². The van der Waals surface area contributed by atoms with Gasteiger partial charge in [0.2, 0.25) is 0 Å². The molecule has 0 aliphatic carbocycles. The van der Waals surface area contributed by atoms with Gasteiger partial charge in [-0.2, -0.15) is 9.36 Å². The molecule has 0 bridgehead atoms. The molecule has 1 heterocycles. The van der Waals surface area contributed by atoms with Crippen LogP contribution < -0.4 is 15.2 Å². The van der Waals surface area contributed by atoms with Crippen LogP contribution in [0.25, 0.3) is 16.8 Å². The fourth-order valence-corrected chi connectivity index (χ4v) is 3.50. The highest BCUT2D eigenvalue weighted by Gasteiger charge is 2.16. The molecule has 7 nitrogen and oxygen atoms in total. The van der Waals surface area contributed by atoms with E-state index in [1.807, 2.05) is 55.5 Å². The van der Waals surface area contributed by atoms with E-state index in [9.17, 15) is 4.79 Å². The van der Waals surface area contributed by atoms with Gasteiger partial charge in [-0.3, -0.25) is 0 Å². The molecule has 0 aliphatic rings. The smallest absolute Gasteiger partial charge is 0.368 e. The van der Waals surface area contributed by atoms with Crippen molar-refractivity contribution in [3.8, 4) is 28.3 Å². The van der Waals surface area contributed by atoms with Gasteiger partial charge in [0.1, 0.15) is 18.1 Å². The number of hydrogen-bond acceptors (Lipinski definition) is 5. The minimum Gasteiger partial charge on any atom is -0.496 e. The van der Waals surface area contributed by atoms with Gasteiger partial charge in [0, 0.05) is 12.1 Å². The summed E-state index contributed by atoms with van der Waals surface area (Å²) in [6.45, 7) is 2.16. The number of aromatic nitrogens is 4. The Bertz CT molecular complexity index is 1300. The number of halogens is 1. The van der Waals surface area contributed by atoms with Crippen molar-refractivity contribution in [2.45, 2.75) is 13.5 Å². The summed E-state index contributed by atoms with van der Waals surface area (Å²) in [5, 5.41) is 8.42. The van der Waals surface area contributed by atoms with Crippen molar-refractivity contribution in [2.75, 3.05) is 7.11 Å². The Labute approximate surface area is 184 Å². The number of ether oxygens (including phenoxy) is 2. The Morgan fingerprint density at radius 1 is 0.968 bits per heavy atom. The van der Waals surface area contributed by atoms with E-state index in [1.54, 1.807) is 26.3 Å². The summed E-state index contributed by atoms with van der Waals surface area (Å²) in [7, 11) is 3.12. The number of methoxy groups -OCH3 is 1. The van der Waals surface area contributed by atoms with Crippen molar-refractivity contribution in [3.63, 3.8) is 0 Å². The van der Waals surface area contributed by atoms with Gasteiger partial charge in [0.25, 0.3) is 0 Å². The third-order valence-electron chi connectivity index (χ3n) is 5.00. The molecule has 4 aromatic rings.